The van der Waals surface area contributed by atoms with Crippen LogP contribution in [-0.2, 0) is 9.59 Å². The molecule has 26 heavy (non-hydrogen) atoms. The number of piperidine rings is 1. The Kier molecular flexibility index (Phi) is 6.34. The summed E-state index contributed by atoms with van der Waals surface area (Å²) in [5.74, 6) is -0.469. The molecule has 0 aromatic heterocycles. The van der Waals surface area contributed by atoms with Gasteiger partial charge in [0.05, 0.1) is 0 Å². The summed E-state index contributed by atoms with van der Waals surface area (Å²) in [5.41, 5.74) is 0.999. The molecule has 1 unspecified atom stereocenters. The molecule has 1 aliphatic heterocycles. The molecule has 1 heterocycles. The molecule has 3 rings (SSSR count). The minimum Gasteiger partial charge on any atom is -0.481 e. The molecule has 136 valence electrons. The molecule has 1 aliphatic rings. The van der Waals surface area contributed by atoms with Crippen molar-refractivity contribution in [3.8, 4) is 0 Å². The van der Waals surface area contributed by atoms with E-state index in [1.165, 1.54) is 0 Å². The van der Waals surface area contributed by atoms with Gasteiger partial charge in [-0.2, -0.15) is 0 Å². The first kappa shape index (κ1) is 18.5. The lowest BCUT2D eigenvalue weighted by molar-refractivity contribution is -0.138. The molecule has 4 nitrogen and oxygen atoms in total. The minimum atomic E-state index is -0.753. The molecule has 1 fully saturated rings. The highest BCUT2D eigenvalue weighted by Crippen LogP contribution is 2.37. The van der Waals surface area contributed by atoms with Crippen LogP contribution in [0.2, 0.25) is 0 Å². The third kappa shape index (κ3) is 4.88. The third-order valence-electron chi connectivity index (χ3n) is 4.71. The smallest absolute Gasteiger partial charge is 0.303 e. The van der Waals surface area contributed by atoms with E-state index in [1.807, 2.05) is 65.6 Å². The summed E-state index contributed by atoms with van der Waals surface area (Å²) in [7, 11) is 0. The normalized spacial score (nSPS) is 16.2. The molecular weight excluding hydrogens is 346 g/mol. The Labute approximate surface area is 158 Å². The van der Waals surface area contributed by atoms with Crippen molar-refractivity contribution >= 4 is 23.6 Å². The second kappa shape index (κ2) is 8.90. The Morgan fingerprint density at radius 1 is 1.00 bits per heavy atom. The van der Waals surface area contributed by atoms with E-state index in [9.17, 15) is 9.59 Å². The highest BCUT2D eigenvalue weighted by molar-refractivity contribution is 8.00. The average Bonchev–Trinajstić information content (AvgIpc) is 2.67. The van der Waals surface area contributed by atoms with Gasteiger partial charge in [0.1, 0.15) is 5.25 Å². The van der Waals surface area contributed by atoms with E-state index in [4.69, 9.17) is 5.11 Å². The van der Waals surface area contributed by atoms with E-state index in [1.54, 1.807) is 11.8 Å². The second-order valence-corrected chi connectivity index (χ2v) is 7.77. The molecule has 2 aromatic carbocycles. The molecule has 1 atom stereocenters. The lowest BCUT2D eigenvalue weighted by atomic mass is 9.93. The lowest BCUT2D eigenvalue weighted by Crippen LogP contribution is -2.40. The fourth-order valence-corrected chi connectivity index (χ4v) is 4.42. The van der Waals surface area contributed by atoms with Crippen molar-refractivity contribution in [2.45, 2.75) is 29.4 Å². The number of thioether (sulfide) groups is 1. The van der Waals surface area contributed by atoms with E-state index in [0.29, 0.717) is 13.1 Å². The van der Waals surface area contributed by atoms with Crippen LogP contribution in [0.4, 0.5) is 0 Å². The second-order valence-electron chi connectivity index (χ2n) is 6.59. The van der Waals surface area contributed by atoms with Crippen LogP contribution >= 0.6 is 11.8 Å². The van der Waals surface area contributed by atoms with Crippen LogP contribution in [0.25, 0.3) is 0 Å². The number of hydrogen-bond acceptors (Lipinski definition) is 3. The van der Waals surface area contributed by atoms with Gasteiger partial charge in [0, 0.05) is 24.4 Å². The fraction of sp³-hybridized carbons (Fsp3) is 0.333. The minimum absolute atomic E-state index is 0.110. The van der Waals surface area contributed by atoms with Gasteiger partial charge >= 0.3 is 5.97 Å². The predicted octanol–water partition coefficient (Wildman–Crippen LogP) is 4.23. The summed E-state index contributed by atoms with van der Waals surface area (Å²) in [6, 6.07) is 19.8. The van der Waals surface area contributed by atoms with Crippen LogP contribution in [0.15, 0.2) is 65.6 Å². The van der Waals surface area contributed by atoms with Crippen LogP contribution in [0.3, 0.4) is 0 Å². The predicted molar refractivity (Wildman–Crippen MR) is 103 cm³/mol. The summed E-state index contributed by atoms with van der Waals surface area (Å²) in [6.07, 6.45) is 1.72. The van der Waals surface area contributed by atoms with E-state index < -0.39 is 5.97 Å². The summed E-state index contributed by atoms with van der Waals surface area (Å²) in [4.78, 5) is 27.1. The molecular formula is C21H23NO3S. The maximum atomic E-state index is 13.2. The van der Waals surface area contributed by atoms with Gasteiger partial charge in [0.15, 0.2) is 0 Å². The van der Waals surface area contributed by atoms with Crippen molar-refractivity contribution in [1.82, 2.24) is 4.90 Å². The molecule has 0 bridgehead atoms. The Morgan fingerprint density at radius 3 is 2.15 bits per heavy atom. The number of aliphatic carboxylic acids is 1. The van der Waals surface area contributed by atoms with Gasteiger partial charge in [-0.05, 0) is 36.5 Å². The number of benzene rings is 2. The third-order valence-corrected chi connectivity index (χ3v) is 5.97. The summed E-state index contributed by atoms with van der Waals surface area (Å²) in [6.45, 7) is 1.27. The van der Waals surface area contributed by atoms with Gasteiger partial charge in [-0.1, -0.05) is 48.5 Å². The molecule has 0 radical (unpaired) electrons. The van der Waals surface area contributed by atoms with E-state index in [2.05, 4.69) is 0 Å². The number of carboxylic acids is 1. The molecule has 0 spiro atoms. The van der Waals surface area contributed by atoms with Crippen molar-refractivity contribution < 1.29 is 14.7 Å². The van der Waals surface area contributed by atoms with Crippen LogP contribution in [0, 0.1) is 5.92 Å². The van der Waals surface area contributed by atoms with Crippen LogP contribution in [0.5, 0.6) is 0 Å². The SMILES string of the molecule is O=C(O)CC1CCN(C(=O)C(Sc2ccccc2)c2ccccc2)CC1. The van der Waals surface area contributed by atoms with Gasteiger partial charge in [0.25, 0.3) is 0 Å². The molecule has 0 aliphatic carbocycles. The molecule has 0 saturated carbocycles. The first-order valence-corrected chi connectivity index (χ1v) is 9.78. The van der Waals surface area contributed by atoms with Gasteiger partial charge in [0.2, 0.25) is 5.91 Å². The number of nitrogens with zero attached hydrogens (tertiary/aromatic N) is 1. The molecule has 2 aromatic rings. The molecule has 1 N–H and O–H groups in total. The zero-order valence-corrected chi connectivity index (χ0v) is 15.4. The summed E-state index contributed by atoms with van der Waals surface area (Å²) in [5, 5.41) is 8.68. The van der Waals surface area contributed by atoms with E-state index in [0.717, 1.165) is 23.3 Å². The molecule has 1 saturated heterocycles. The maximum Gasteiger partial charge on any atom is 0.303 e. The van der Waals surface area contributed by atoms with Gasteiger partial charge < -0.3 is 10.0 Å². The Hall–Kier alpha value is -2.27. The largest absolute Gasteiger partial charge is 0.481 e. The topological polar surface area (TPSA) is 57.6 Å². The van der Waals surface area contributed by atoms with E-state index in [-0.39, 0.29) is 23.5 Å². The fourth-order valence-electron chi connectivity index (χ4n) is 3.29. The van der Waals surface area contributed by atoms with Crippen LogP contribution in [0.1, 0.15) is 30.1 Å². The summed E-state index contributed by atoms with van der Waals surface area (Å²) < 4.78 is 0. The molecule has 5 heteroatoms. The summed E-state index contributed by atoms with van der Waals surface area (Å²) >= 11 is 1.57. The molecule has 1 amide bonds. The Balaban J connectivity index is 1.72. The maximum absolute atomic E-state index is 13.2. The zero-order chi connectivity index (χ0) is 18.4. The standard InChI is InChI=1S/C21H23NO3S/c23-19(24)15-16-11-13-22(14-12-16)21(25)20(17-7-3-1-4-8-17)26-18-9-5-2-6-10-18/h1-10,16,20H,11-15H2,(H,23,24). The number of likely N-dealkylation sites (tertiary alicyclic amines) is 1. The highest BCUT2D eigenvalue weighted by Gasteiger charge is 2.30. The van der Waals surface area contributed by atoms with Crippen molar-refractivity contribution in [3.05, 3.63) is 66.2 Å². The number of carbonyl (C=O) groups is 2. The quantitative estimate of drug-likeness (QED) is 0.774. The lowest BCUT2D eigenvalue weighted by Gasteiger charge is -2.33. The Bertz CT molecular complexity index is 727. The van der Waals surface area contributed by atoms with Crippen LogP contribution in [-0.4, -0.2) is 35.0 Å². The highest BCUT2D eigenvalue weighted by atomic mass is 32.2. The van der Waals surface area contributed by atoms with Gasteiger partial charge in [-0.3, -0.25) is 9.59 Å². The van der Waals surface area contributed by atoms with Gasteiger partial charge in [-0.25, -0.2) is 0 Å². The van der Waals surface area contributed by atoms with Crippen molar-refractivity contribution in [1.29, 1.82) is 0 Å². The zero-order valence-electron chi connectivity index (χ0n) is 14.6. The van der Waals surface area contributed by atoms with Gasteiger partial charge in [-0.15, -0.1) is 11.8 Å². The number of carbonyl (C=O) groups excluding carboxylic acids is 1. The van der Waals surface area contributed by atoms with Crippen molar-refractivity contribution in [2.24, 2.45) is 5.92 Å². The van der Waals surface area contributed by atoms with Crippen molar-refractivity contribution in [2.75, 3.05) is 13.1 Å². The van der Waals surface area contributed by atoms with Crippen LogP contribution < -0.4 is 0 Å². The first-order chi connectivity index (χ1) is 12.6. The average molecular weight is 369 g/mol. The van der Waals surface area contributed by atoms with Crippen molar-refractivity contribution in [3.63, 3.8) is 0 Å². The number of hydrogen-bond donors (Lipinski definition) is 1. The Morgan fingerprint density at radius 2 is 1.58 bits per heavy atom. The first-order valence-electron chi connectivity index (χ1n) is 8.90. The van der Waals surface area contributed by atoms with E-state index >= 15 is 0 Å². The number of carboxylic acid groups (broad SMARTS) is 1. The number of amides is 1. The number of rotatable bonds is 6. The monoisotopic (exact) mass is 369 g/mol.